The van der Waals surface area contributed by atoms with Crippen molar-refractivity contribution in [2.45, 2.75) is 117 Å². The van der Waals surface area contributed by atoms with E-state index >= 15 is 0 Å². The zero-order valence-corrected chi connectivity index (χ0v) is 29.3. The fourth-order valence-corrected chi connectivity index (χ4v) is 4.95. The van der Waals surface area contributed by atoms with E-state index in [2.05, 4.69) is 23.3 Å². The predicted molar refractivity (Wildman–Crippen MR) is 180 cm³/mol. The summed E-state index contributed by atoms with van der Waals surface area (Å²) in [5.74, 6) is -1.69. The van der Waals surface area contributed by atoms with Gasteiger partial charge in [-0.25, -0.2) is 9.59 Å². The molecule has 2 aromatic carbocycles. The van der Waals surface area contributed by atoms with Crippen molar-refractivity contribution < 1.29 is 28.7 Å². The van der Waals surface area contributed by atoms with E-state index < -0.39 is 58.7 Å². The lowest BCUT2D eigenvalue weighted by atomic mass is 9.90. The molecule has 3 atom stereocenters. The average molecular weight is 642 g/mol. The summed E-state index contributed by atoms with van der Waals surface area (Å²) in [7, 11) is 0. The summed E-state index contributed by atoms with van der Waals surface area (Å²) >= 11 is 4.39. The normalized spacial score (nSPS) is 14.0. The molecule has 0 heterocycles. The summed E-state index contributed by atoms with van der Waals surface area (Å²) in [6, 6.07) is 13.4. The van der Waals surface area contributed by atoms with E-state index in [-0.39, 0.29) is 12.2 Å². The van der Waals surface area contributed by atoms with Gasteiger partial charge in [-0.15, -0.1) is 0 Å². The van der Waals surface area contributed by atoms with Crippen molar-refractivity contribution in [3.63, 3.8) is 0 Å². The first kappa shape index (κ1) is 37.7. The van der Waals surface area contributed by atoms with Crippen LogP contribution in [0.15, 0.2) is 54.6 Å². The third-order valence-electron chi connectivity index (χ3n) is 7.21. The molecule has 0 fully saturated rings. The highest BCUT2D eigenvalue weighted by Crippen LogP contribution is 2.34. The monoisotopic (exact) mass is 641 g/mol. The number of nitrogens with zero attached hydrogens (tertiary/aromatic N) is 1. The van der Waals surface area contributed by atoms with Crippen LogP contribution >= 0.6 is 12.6 Å². The molecule has 2 aromatic rings. The number of rotatable bonds is 12. The Morgan fingerprint density at radius 2 is 1.36 bits per heavy atom. The molecule has 0 saturated carbocycles. The number of nitrogens with one attached hydrogen (secondary N) is 2. The Morgan fingerprint density at radius 1 is 0.800 bits per heavy atom. The number of aryl methyl sites for hydroxylation is 1. The summed E-state index contributed by atoms with van der Waals surface area (Å²) in [6.07, 6.45) is -0.0967. The smallest absolute Gasteiger partial charge is 0.408 e. The van der Waals surface area contributed by atoms with Gasteiger partial charge in [0.1, 0.15) is 29.3 Å². The third-order valence-corrected chi connectivity index (χ3v) is 7.57. The standard InChI is InChI=1S/C35H51N3O6S/c1-11-35(9,10)38(30(40)27(22-45)37-32(42)44-34(6,7)8)28(25-20-16-15-17-23(25)2)29(39)36-26(31(41)43-33(3,4)5)21-24-18-13-12-14-19-24/h12-20,26-28,45H,11,21-22H2,1-10H3,(H,36,39)(H,37,42). The minimum Gasteiger partial charge on any atom is -0.458 e. The molecule has 0 spiro atoms. The zero-order chi connectivity index (χ0) is 34.2. The van der Waals surface area contributed by atoms with E-state index in [1.54, 1.807) is 53.7 Å². The second kappa shape index (κ2) is 15.7. The van der Waals surface area contributed by atoms with Crippen molar-refractivity contribution in [1.29, 1.82) is 0 Å². The molecule has 248 valence electrons. The SMILES string of the molecule is CCC(C)(C)N(C(=O)C(CS)NC(=O)OC(C)(C)C)C(C(=O)NC(Cc1ccccc1)C(=O)OC(C)(C)C)c1ccccc1C. The quantitative estimate of drug-likeness (QED) is 0.195. The number of thiol groups is 1. The summed E-state index contributed by atoms with van der Waals surface area (Å²) in [6.45, 7) is 18.0. The average Bonchev–Trinajstić information content (AvgIpc) is 2.93. The van der Waals surface area contributed by atoms with E-state index in [9.17, 15) is 19.2 Å². The number of alkyl carbamates (subject to hydrolysis) is 1. The topological polar surface area (TPSA) is 114 Å². The molecule has 0 saturated heterocycles. The molecule has 9 nitrogen and oxygen atoms in total. The maximum atomic E-state index is 14.6. The lowest BCUT2D eigenvalue weighted by molar-refractivity contribution is -0.159. The number of carbonyl (C=O) groups excluding carboxylic acids is 4. The summed E-state index contributed by atoms with van der Waals surface area (Å²) < 4.78 is 11.1. The molecule has 0 aliphatic carbocycles. The van der Waals surface area contributed by atoms with Crippen LogP contribution in [0.1, 0.15) is 91.5 Å². The van der Waals surface area contributed by atoms with Gasteiger partial charge in [-0.3, -0.25) is 9.59 Å². The van der Waals surface area contributed by atoms with E-state index in [0.29, 0.717) is 12.0 Å². The van der Waals surface area contributed by atoms with Crippen LogP contribution in [0.2, 0.25) is 0 Å². The molecule has 2 rings (SSSR count). The van der Waals surface area contributed by atoms with Gasteiger partial charge in [0.05, 0.1) is 0 Å². The minimum atomic E-state index is -1.16. The second-order valence-corrected chi connectivity index (χ2v) is 14.2. The number of hydrogen-bond acceptors (Lipinski definition) is 7. The minimum absolute atomic E-state index is 0.0367. The van der Waals surface area contributed by atoms with Gasteiger partial charge in [-0.2, -0.15) is 12.6 Å². The largest absolute Gasteiger partial charge is 0.458 e. The number of carbonyl (C=O) groups is 4. The van der Waals surface area contributed by atoms with Crippen LogP contribution in [-0.2, 0) is 30.3 Å². The predicted octanol–water partition coefficient (Wildman–Crippen LogP) is 5.95. The number of hydrogen-bond donors (Lipinski definition) is 3. The second-order valence-electron chi connectivity index (χ2n) is 13.8. The lowest BCUT2D eigenvalue weighted by Crippen LogP contribution is -2.61. The molecule has 3 unspecified atom stereocenters. The van der Waals surface area contributed by atoms with Crippen molar-refractivity contribution in [3.8, 4) is 0 Å². The molecule has 0 radical (unpaired) electrons. The van der Waals surface area contributed by atoms with E-state index in [0.717, 1.165) is 11.1 Å². The molecule has 3 amide bonds. The Morgan fingerprint density at radius 3 is 1.87 bits per heavy atom. The maximum absolute atomic E-state index is 14.6. The molecule has 2 N–H and O–H groups in total. The van der Waals surface area contributed by atoms with Crippen LogP contribution in [0.4, 0.5) is 4.79 Å². The van der Waals surface area contributed by atoms with Crippen LogP contribution in [0.3, 0.4) is 0 Å². The first-order valence-corrected chi connectivity index (χ1v) is 16.0. The van der Waals surface area contributed by atoms with Gasteiger partial charge in [-0.1, -0.05) is 61.5 Å². The van der Waals surface area contributed by atoms with Gasteiger partial charge < -0.3 is 25.0 Å². The summed E-state index contributed by atoms with van der Waals surface area (Å²) in [5, 5.41) is 5.58. The van der Waals surface area contributed by atoms with Crippen LogP contribution in [0, 0.1) is 6.92 Å². The molecule has 0 aliphatic rings. The number of amides is 3. The van der Waals surface area contributed by atoms with Crippen LogP contribution in [0.25, 0.3) is 0 Å². The van der Waals surface area contributed by atoms with Gasteiger partial charge in [0.2, 0.25) is 11.8 Å². The fourth-order valence-electron chi connectivity index (χ4n) is 4.71. The van der Waals surface area contributed by atoms with Crippen molar-refractivity contribution in [2.75, 3.05) is 5.75 Å². The first-order valence-electron chi connectivity index (χ1n) is 15.4. The molecule has 10 heteroatoms. The highest BCUT2D eigenvalue weighted by Gasteiger charge is 2.44. The van der Waals surface area contributed by atoms with Gasteiger partial charge in [0, 0.05) is 17.7 Å². The van der Waals surface area contributed by atoms with E-state index in [4.69, 9.17) is 9.47 Å². The van der Waals surface area contributed by atoms with Crippen molar-refractivity contribution in [1.82, 2.24) is 15.5 Å². The molecular weight excluding hydrogens is 590 g/mol. The zero-order valence-electron chi connectivity index (χ0n) is 28.4. The molecule has 0 aromatic heterocycles. The summed E-state index contributed by atoms with van der Waals surface area (Å²) in [4.78, 5) is 56.7. The maximum Gasteiger partial charge on any atom is 0.408 e. The Labute approximate surface area is 274 Å². The van der Waals surface area contributed by atoms with Gasteiger partial charge in [-0.05, 0) is 85.4 Å². The Kier molecular flexibility index (Phi) is 13.1. The Hall–Kier alpha value is -3.53. The van der Waals surface area contributed by atoms with Crippen LogP contribution in [-0.4, -0.2) is 63.4 Å². The lowest BCUT2D eigenvalue weighted by Gasteiger charge is -2.45. The molecular formula is C35H51N3O6S. The first-order chi connectivity index (χ1) is 20.8. The van der Waals surface area contributed by atoms with Crippen molar-refractivity contribution in [3.05, 3.63) is 71.3 Å². The van der Waals surface area contributed by atoms with Gasteiger partial charge in [0.15, 0.2) is 0 Å². The van der Waals surface area contributed by atoms with Gasteiger partial charge in [0.25, 0.3) is 0 Å². The third kappa shape index (κ3) is 11.4. The van der Waals surface area contributed by atoms with Crippen molar-refractivity contribution in [2.24, 2.45) is 0 Å². The number of esters is 1. The molecule has 0 bridgehead atoms. The van der Waals surface area contributed by atoms with Crippen LogP contribution in [0.5, 0.6) is 0 Å². The summed E-state index contributed by atoms with van der Waals surface area (Å²) in [5.41, 5.74) is -0.232. The fraction of sp³-hybridized carbons (Fsp3) is 0.543. The highest BCUT2D eigenvalue weighted by atomic mass is 32.1. The molecule has 45 heavy (non-hydrogen) atoms. The van der Waals surface area contributed by atoms with Crippen LogP contribution < -0.4 is 10.6 Å². The van der Waals surface area contributed by atoms with Crippen molar-refractivity contribution >= 4 is 36.5 Å². The molecule has 0 aliphatic heterocycles. The Bertz CT molecular complexity index is 1320. The Balaban J connectivity index is 2.66. The number of benzene rings is 2. The number of ether oxygens (including phenoxy) is 2. The van der Waals surface area contributed by atoms with Gasteiger partial charge >= 0.3 is 12.1 Å². The van der Waals surface area contributed by atoms with E-state index in [1.165, 1.54) is 4.90 Å². The van der Waals surface area contributed by atoms with E-state index in [1.807, 2.05) is 70.2 Å². The highest BCUT2D eigenvalue weighted by molar-refractivity contribution is 7.80.